The molecule has 0 bridgehead atoms. The van der Waals surface area contributed by atoms with Gasteiger partial charge in [0.15, 0.2) is 5.69 Å². The highest BCUT2D eigenvalue weighted by atomic mass is 16.5. The first-order valence-electron chi connectivity index (χ1n) is 7.25. The first-order valence-corrected chi connectivity index (χ1v) is 7.25. The molecule has 2 N–H and O–H groups in total. The van der Waals surface area contributed by atoms with E-state index in [4.69, 9.17) is 9.15 Å². The van der Waals surface area contributed by atoms with Crippen LogP contribution in [0.4, 0.5) is 0 Å². The number of amides is 1. The van der Waals surface area contributed by atoms with E-state index >= 15 is 0 Å². The van der Waals surface area contributed by atoms with Crippen LogP contribution in [-0.4, -0.2) is 36.1 Å². The zero-order valence-corrected chi connectivity index (χ0v) is 12.3. The molecule has 21 heavy (non-hydrogen) atoms. The van der Waals surface area contributed by atoms with Crippen LogP contribution in [0.25, 0.3) is 0 Å². The molecule has 116 valence electrons. The van der Waals surface area contributed by atoms with Gasteiger partial charge in [0.25, 0.3) is 5.91 Å². The molecule has 1 fully saturated rings. The third-order valence-electron chi connectivity index (χ3n) is 3.27. The molecular formula is C14H21N3O4. The molecule has 7 heteroatoms. The number of esters is 1. The van der Waals surface area contributed by atoms with Gasteiger partial charge in [-0.3, -0.25) is 9.59 Å². The van der Waals surface area contributed by atoms with Crippen LogP contribution in [0, 0.1) is 0 Å². The quantitative estimate of drug-likeness (QED) is 0.765. The number of oxazole rings is 1. The molecule has 1 aliphatic rings. The van der Waals surface area contributed by atoms with E-state index in [2.05, 4.69) is 15.6 Å². The number of nitrogens with one attached hydrogen (secondary N) is 2. The number of hydrogen-bond acceptors (Lipinski definition) is 6. The molecule has 2 rings (SSSR count). The van der Waals surface area contributed by atoms with Crippen molar-refractivity contribution in [2.75, 3.05) is 13.2 Å². The van der Waals surface area contributed by atoms with E-state index < -0.39 is 0 Å². The lowest BCUT2D eigenvalue weighted by atomic mass is 10.2. The summed E-state index contributed by atoms with van der Waals surface area (Å²) < 4.78 is 10.2. The number of aromatic nitrogens is 1. The third kappa shape index (κ3) is 4.29. The van der Waals surface area contributed by atoms with E-state index in [1.54, 1.807) is 13.8 Å². The molecule has 0 aliphatic carbocycles. The van der Waals surface area contributed by atoms with Crippen molar-refractivity contribution in [1.82, 2.24) is 15.6 Å². The van der Waals surface area contributed by atoms with Crippen LogP contribution in [0.2, 0.25) is 0 Å². The summed E-state index contributed by atoms with van der Waals surface area (Å²) >= 11 is 0. The molecule has 1 amide bonds. The van der Waals surface area contributed by atoms with Gasteiger partial charge in [-0.2, -0.15) is 0 Å². The minimum atomic E-state index is -0.347. The Hall–Kier alpha value is -1.89. The van der Waals surface area contributed by atoms with Gasteiger partial charge in [-0.05, 0) is 33.2 Å². The number of ether oxygens (including phenoxy) is 1. The van der Waals surface area contributed by atoms with Gasteiger partial charge in [-0.25, -0.2) is 4.98 Å². The molecule has 2 unspecified atom stereocenters. The highest BCUT2D eigenvalue weighted by Crippen LogP contribution is 2.22. The number of carbonyl (C=O) groups excluding carboxylic acids is 2. The van der Waals surface area contributed by atoms with Gasteiger partial charge in [-0.1, -0.05) is 0 Å². The molecule has 1 aromatic rings. The van der Waals surface area contributed by atoms with Crippen molar-refractivity contribution in [2.45, 2.75) is 45.2 Å². The normalized spacial score (nSPS) is 19.2. The van der Waals surface area contributed by atoms with Gasteiger partial charge < -0.3 is 19.8 Å². The number of hydrogen-bond donors (Lipinski definition) is 2. The molecular weight excluding hydrogens is 274 g/mol. The Morgan fingerprint density at radius 3 is 3.10 bits per heavy atom. The number of carbonyl (C=O) groups is 2. The lowest BCUT2D eigenvalue weighted by Crippen LogP contribution is -2.34. The fourth-order valence-corrected chi connectivity index (χ4v) is 2.27. The van der Waals surface area contributed by atoms with Gasteiger partial charge >= 0.3 is 5.97 Å². The summed E-state index contributed by atoms with van der Waals surface area (Å²) in [5.74, 6) is -0.142. The highest BCUT2D eigenvalue weighted by molar-refractivity contribution is 5.92. The average Bonchev–Trinajstić information content (AvgIpc) is 3.10. The molecule has 0 aromatic carbocycles. The van der Waals surface area contributed by atoms with Crippen molar-refractivity contribution < 1.29 is 18.7 Å². The predicted molar refractivity (Wildman–Crippen MR) is 74.7 cm³/mol. The maximum absolute atomic E-state index is 12.0. The van der Waals surface area contributed by atoms with E-state index in [-0.39, 0.29) is 36.1 Å². The minimum Gasteiger partial charge on any atom is -0.466 e. The van der Waals surface area contributed by atoms with Gasteiger partial charge in [0.05, 0.1) is 19.1 Å². The fraction of sp³-hybridized carbons (Fsp3) is 0.643. The number of nitrogens with zero attached hydrogens (tertiary/aromatic N) is 1. The van der Waals surface area contributed by atoms with E-state index in [9.17, 15) is 9.59 Å². The van der Waals surface area contributed by atoms with Gasteiger partial charge in [-0.15, -0.1) is 0 Å². The van der Waals surface area contributed by atoms with Crippen molar-refractivity contribution in [1.29, 1.82) is 0 Å². The number of rotatable bonds is 6. The fourth-order valence-electron chi connectivity index (χ4n) is 2.27. The Bertz CT molecular complexity index is 494. The summed E-state index contributed by atoms with van der Waals surface area (Å²) in [4.78, 5) is 27.6. The smallest absolute Gasteiger partial charge is 0.307 e. The van der Waals surface area contributed by atoms with Crippen molar-refractivity contribution >= 4 is 11.9 Å². The molecule has 0 saturated carbocycles. The van der Waals surface area contributed by atoms with E-state index in [0.717, 1.165) is 19.4 Å². The molecule has 0 radical (unpaired) electrons. The lowest BCUT2D eigenvalue weighted by molar-refractivity contribution is -0.143. The van der Waals surface area contributed by atoms with Gasteiger partial charge in [0.1, 0.15) is 6.26 Å². The Balaban J connectivity index is 1.86. The Morgan fingerprint density at radius 1 is 1.62 bits per heavy atom. The van der Waals surface area contributed by atoms with Crippen LogP contribution in [0.15, 0.2) is 10.7 Å². The second-order valence-corrected chi connectivity index (χ2v) is 5.10. The third-order valence-corrected chi connectivity index (χ3v) is 3.27. The van der Waals surface area contributed by atoms with Gasteiger partial charge in [0, 0.05) is 6.04 Å². The Labute approximate surface area is 123 Å². The lowest BCUT2D eigenvalue weighted by Gasteiger charge is -2.11. The van der Waals surface area contributed by atoms with Crippen LogP contribution in [-0.2, 0) is 9.53 Å². The van der Waals surface area contributed by atoms with Crippen LogP contribution in [0.1, 0.15) is 55.5 Å². The minimum absolute atomic E-state index is 0.0866. The first kappa shape index (κ1) is 15.5. The van der Waals surface area contributed by atoms with E-state index in [1.165, 1.54) is 6.26 Å². The summed E-state index contributed by atoms with van der Waals surface area (Å²) in [6.45, 7) is 4.76. The first-order chi connectivity index (χ1) is 10.1. The van der Waals surface area contributed by atoms with E-state index in [1.807, 2.05) is 0 Å². The molecule has 2 atom stereocenters. The SMILES string of the molecule is CCOC(=O)CC(C)NC(=O)c1coc(C2CCCN2)n1. The maximum Gasteiger partial charge on any atom is 0.307 e. The zero-order chi connectivity index (χ0) is 15.2. The summed E-state index contributed by atoms with van der Waals surface area (Å²) in [7, 11) is 0. The van der Waals surface area contributed by atoms with Crippen LogP contribution in [0.5, 0.6) is 0 Å². The summed E-state index contributed by atoms with van der Waals surface area (Å²) in [5.41, 5.74) is 0.231. The largest absolute Gasteiger partial charge is 0.466 e. The molecule has 0 spiro atoms. The Kier molecular flexibility index (Phi) is 5.32. The van der Waals surface area contributed by atoms with Crippen molar-refractivity contribution in [3.8, 4) is 0 Å². The molecule has 1 saturated heterocycles. The summed E-state index contributed by atoms with van der Waals surface area (Å²) in [6, 6.07) is -0.232. The van der Waals surface area contributed by atoms with E-state index in [0.29, 0.717) is 12.5 Å². The maximum atomic E-state index is 12.0. The van der Waals surface area contributed by atoms with Crippen molar-refractivity contribution in [3.05, 3.63) is 17.8 Å². The molecule has 7 nitrogen and oxygen atoms in total. The van der Waals surface area contributed by atoms with Crippen LogP contribution in [0.3, 0.4) is 0 Å². The Morgan fingerprint density at radius 2 is 2.43 bits per heavy atom. The standard InChI is InChI=1S/C14H21N3O4/c1-3-20-12(18)7-9(2)16-13(19)11-8-21-14(17-11)10-5-4-6-15-10/h8-10,15H,3-7H2,1-2H3,(H,16,19). The van der Waals surface area contributed by atoms with Crippen molar-refractivity contribution in [3.63, 3.8) is 0 Å². The van der Waals surface area contributed by atoms with Crippen molar-refractivity contribution in [2.24, 2.45) is 0 Å². The second-order valence-electron chi connectivity index (χ2n) is 5.10. The average molecular weight is 295 g/mol. The second kappa shape index (κ2) is 7.21. The molecule has 1 aliphatic heterocycles. The predicted octanol–water partition coefficient (Wildman–Crippen LogP) is 1.17. The van der Waals surface area contributed by atoms with Crippen LogP contribution < -0.4 is 10.6 Å². The van der Waals surface area contributed by atoms with Gasteiger partial charge in [0.2, 0.25) is 5.89 Å². The monoisotopic (exact) mass is 295 g/mol. The topological polar surface area (TPSA) is 93.5 Å². The molecule has 1 aromatic heterocycles. The zero-order valence-electron chi connectivity index (χ0n) is 12.3. The summed E-state index contributed by atoms with van der Waals surface area (Å²) in [5, 5.41) is 5.96. The molecule has 2 heterocycles. The van der Waals surface area contributed by atoms with Crippen LogP contribution >= 0.6 is 0 Å². The summed E-state index contributed by atoms with van der Waals surface area (Å²) in [6.07, 6.45) is 3.52. The highest BCUT2D eigenvalue weighted by Gasteiger charge is 2.23.